The van der Waals surface area contributed by atoms with Gasteiger partial charge in [0.05, 0.1) is 11.2 Å². The molecule has 0 fully saturated rings. The molecule has 0 atom stereocenters. The highest BCUT2D eigenvalue weighted by atomic mass is 32.2. The van der Waals surface area contributed by atoms with E-state index >= 15 is 0 Å². The average Bonchev–Trinajstić information content (AvgIpc) is 3.13. The molecule has 0 saturated carbocycles. The molecule has 0 amide bonds. The largest absolute Gasteiger partial charge is 0.464 e. The van der Waals surface area contributed by atoms with Crippen molar-refractivity contribution in [1.29, 1.82) is 0 Å². The molecule has 136 valence electrons. The van der Waals surface area contributed by atoms with E-state index in [1.54, 1.807) is 24.7 Å². The summed E-state index contributed by atoms with van der Waals surface area (Å²) in [7, 11) is -3.63. The molecule has 0 radical (unpaired) electrons. The van der Waals surface area contributed by atoms with Crippen LogP contribution in [0.25, 0.3) is 11.3 Å². The van der Waals surface area contributed by atoms with Gasteiger partial charge in [0.1, 0.15) is 5.76 Å². The lowest BCUT2D eigenvalue weighted by molar-refractivity contribution is 0.579. The number of hydrogen-bond donors (Lipinski definition) is 1. The summed E-state index contributed by atoms with van der Waals surface area (Å²) in [6, 6.07) is 7.53. The Morgan fingerprint density at radius 3 is 2.35 bits per heavy atom. The van der Waals surface area contributed by atoms with Crippen LogP contribution in [-0.2, 0) is 16.6 Å². The fourth-order valence-corrected chi connectivity index (χ4v) is 4.63. The Kier molecular flexibility index (Phi) is 4.98. The number of sulfonamides is 1. The maximum Gasteiger partial charge on any atom is 0.241 e. The van der Waals surface area contributed by atoms with Crippen molar-refractivity contribution in [1.82, 2.24) is 9.71 Å². The zero-order valence-corrected chi connectivity index (χ0v) is 16.1. The quantitative estimate of drug-likeness (QED) is 0.735. The van der Waals surface area contributed by atoms with E-state index in [9.17, 15) is 8.42 Å². The number of benzene rings is 1. The smallest absolute Gasteiger partial charge is 0.241 e. The van der Waals surface area contributed by atoms with E-state index in [1.165, 1.54) is 0 Å². The molecular formula is C20H22N2O3S. The van der Waals surface area contributed by atoms with Crippen LogP contribution in [0.4, 0.5) is 0 Å². The topological polar surface area (TPSA) is 72.2 Å². The van der Waals surface area contributed by atoms with Gasteiger partial charge in [-0.15, -0.1) is 0 Å². The molecule has 2 heterocycles. The van der Waals surface area contributed by atoms with Crippen LogP contribution in [0.15, 0.2) is 52.2 Å². The zero-order valence-electron chi connectivity index (χ0n) is 15.3. The number of aryl methyl sites for hydroxylation is 2. The molecule has 0 saturated heterocycles. The van der Waals surface area contributed by atoms with E-state index in [2.05, 4.69) is 9.71 Å². The van der Waals surface area contributed by atoms with Crippen LogP contribution < -0.4 is 4.72 Å². The number of aromatic nitrogens is 1. The Bertz CT molecular complexity index is 1010. The lowest BCUT2D eigenvalue weighted by Gasteiger charge is -2.16. The lowest BCUT2D eigenvalue weighted by Crippen LogP contribution is -2.25. The first-order chi connectivity index (χ1) is 12.3. The summed E-state index contributed by atoms with van der Waals surface area (Å²) in [5.41, 5.74) is 5.07. The average molecular weight is 370 g/mol. The lowest BCUT2D eigenvalue weighted by atomic mass is 10.0. The number of rotatable bonds is 5. The van der Waals surface area contributed by atoms with E-state index in [4.69, 9.17) is 4.42 Å². The van der Waals surface area contributed by atoms with Gasteiger partial charge >= 0.3 is 0 Å². The van der Waals surface area contributed by atoms with Crippen molar-refractivity contribution < 1.29 is 12.8 Å². The number of pyridine rings is 1. The summed E-state index contributed by atoms with van der Waals surface area (Å²) in [6.07, 6.45) is 4.93. The predicted molar refractivity (Wildman–Crippen MR) is 101 cm³/mol. The molecule has 1 N–H and O–H groups in total. The van der Waals surface area contributed by atoms with Gasteiger partial charge in [-0.3, -0.25) is 4.98 Å². The molecule has 0 aliphatic carbocycles. The highest BCUT2D eigenvalue weighted by Gasteiger charge is 2.21. The molecule has 2 aromatic heterocycles. The molecule has 26 heavy (non-hydrogen) atoms. The van der Waals surface area contributed by atoms with Crippen molar-refractivity contribution in [2.24, 2.45) is 0 Å². The fraction of sp³-hybridized carbons (Fsp3) is 0.250. The van der Waals surface area contributed by atoms with Gasteiger partial charge in [-0.25, -0.2) is 13.1 Å². The van der Waals surface area contributed by atoms with Crippen LogP contribution in [0.3, 0.4) is 0 Å². The second kappa shape index (κ2) is 7.05. The van der Waals surface area contributed by atoms with Gasteiger partial charge in [0, 0.05) is 24.5 Å². The second-order valence-corrected chi connectivity index (χ2v) is 8.18. The third kappa shape index (κ3) is 3.57. The standard InChI is InChI=1S/C20H22N2O3S/c1-13-8-14(2)16(4)20(15(13)3)26(23,24)22-11-17-9-18(12-21-10-17)19-6-5-7-25-19/h5-10,12,22H,11H2,1-4H3. The minimum Gasteiger partial charge on any atom is -0.464 e. The first kappa shape index (κ1) is 18.4. The molecule has 6 heteroatoms. The van der Waals surface area contributed by atoms with E-state index < -0.39 is 10.0 Å². The third-order valence-electron chi connectivity index (χ3n) is 4.63. The third-order valence-corrected chi connectivity index (χ3v) is 6.31. The molecule has 0 aliphatic heterocycles. The van der Waals surface area contributed by atoms with Crippen LogP contribution in [-0.4, -0.2) is 13.4 Å². The van der Waals surface area contributed by atoms with Crippen molar-refractivity contribution in [3.05, 3.63) is 70.7 Å². The molecule has 0 spiro atoms. The first-order valence-electron chi connectivity index (χ1n) is 8.34. The Labute approximate surface area is 154 Å². The van der Waals surface area contributed by atoms with Gasteiger partial charge in [-0.05, 0) is 73.7 Å². The summed E-state index contributed by atoms with van der Waals surface area (Å²) >= 11 is 0. The van der Waals surface area contributed by atoms with Crippen LogP contribution in [0.1, 0.15) is 27.8 Å². The van der Waals surface area contributed by atoms with Gasteiger partial charge in [0.2, 0.25) is 10.0 Å². The predicted octanol–water partition coefficient (Wildman–Crippen LogP) is 4.05. The molecule has 1 aromatic carbocycles. The monoisotopic (exact) mass is 370 g/mol. The maximum atomic E-state index is 12.9. The van der Waals surface area contributed by atoms with Crippen LogP contribution >= 0.6 is 0 Å². The highest BCUT2D eigenvalue weighted by Crippen LogP contribution is 2.26. The Morgan fingerprint density at radius 1 is 1.04 bits per heavy atom. The second-order valence-electron chi connectivity index (χ2n) is 6.47. The maximum absolute atomic E-state index is 12.9. The van der Waals surface area contributed by atoms with Crippen molar-refractivity contribution in [3.63, 3.8) is 0 Å². The Hall–Kier alpha value is -2.44. The number of nitrogens with zero attached hydrogens (tertiary/aromatic N) is 1. The zero-order chi connectivity index (χ0) is 18.9. The van der Waals surface area contributed by atoms with Crippen LogP contribution in [0.5, 0.6) is 0 Å². The van der Waals surface area contributed by atoms with E-state index in [-0.39, 0.29) is 6.54 Å². The van der Waals surface area contributed by atoms with Crippen molar-refractivity contribution in [2.45, 2.75) is 39.1 Å². The van der Waals surface area contributed by atoms with E-state index in [1.807, 2.05) is 45.9 Å². The summed E-state index contributed by atoms with van der Waals surface area (Å²) in [6.45, 7) is 7.70. The molecule has 0 aliphatic rings. The molecular weight excluding hydrogens is 348 g/mol. The van der Waals surface area contributed by atoms with Crippen LogP contribution in [0.2, 0.25) is 0 Å². The Morgan fingerprint density at radius 2 is 1.73 bits per heavy atom. The number of hydrogen-bond acceptors (Lipinski definition) is 4. The van der Waals surface area contributed by atoms with E-state index in [0.29, 0.717) is 10.7 Å². The Balaban J connectivity index is 1.87. The minimum absolute atomic E-state index is 0.162. The van der Waals surface area contributed by atoms with Gasteiger partial charge in [-0.2, -0.15) is 0 Å². The van der Waals surface area contributed by atoms with Crippen molar-refractivity contribution >= 4 is 10.0 Å². The van der Waals surface area contributed by atoms with Gasteiger partial charge in [0.15, 0.2) is 0 Å². The highest BCUT2D eigenvalue weighted by molar-refractivity contribution is 7.89. The SMILES string of the molecule is Cc1cc(C)c(C)c(S(=O)(=O)NCc2cncc(-c3ccco3)c2)c1C. The molecule has 3 aromatic rings. The molecule has 0 unspecified atom stereocenters. The normalized spacial score (nSPS) is 11.7. The summed E-state index contributed by atoms with van der Waals surface area (Å²) in [5.74, 6) is 0.697. The molecule has 0 bridgehead atoms. The number of nitrogens with one attached hydrogen (secondary N) is 1. The van der Waals surface area contributed by atoms with Crippen molar-refractivity contribution in [2.75, 3.05) is 0 Å². The van der Waals surface area contributed by atoms with E-state index in [0.717, 1.165) is 33.4 Å². The number of furan rings is 1. The van der Waals surface area contributed by atoms with Crippen molar-refractivity contribution in [3.8, 4) is 11.3 Å². The molecule has 5 nitrogen and oxygen atoms in total. The van der Waals surface area contributed by atoms with Gasteiger partial charge < -0.3 is 4.42 Å². The van der Waals surface area contributed by atoms with Gasteiger partial charge in [0.25, 0.3) is 0 Å². The fourth-order valence-electron chi connectivity index (χ4n) is 3.00. The summed E-state index contributed by atoms with van der Waals surface area (Å²) in [5, 5.41) is 0. The summed E-state index contributed by atoms with van der Waals surface area (Å²) < 4.78 is 33.9. The first-order valence-corrected chi connectivity index (χ1v) is 9.83. The minimum atomic E-state index is -3.63. The molecule has 3 rings (SSSR count). The van der Waals surface area contributed by atoms with Crippen LogP contribution in [0, 0.1) is 27.7 Å². The van der Waals surface area contributed by atoms with Gasteiger partial charge in [-0.1, -0.05) is 6.07 Å². The summed E-state index contributed by atoms with van der Waals surface area (Å²) in [4.78, 5) is 4.55.